The zero-order valence-electron chi connectivity index (χ0n) is 10.6. The molecule has 0 aliphatic heterocycles. The van der Waals surface area contributed by atoms with Gasteiger partial charge in [0.25, 0.3) is 5.69 Å². The van der Waals surface area contributed by atoms with E-state index in [-0.39, 0.29) is 10.7 Å². The molecule has 0 unspecified atom stereocenters. The summed E-state index contributed by atoms with van der Waals surface area (Å²) in [6.45, 7) is 3.85. The van der Waals surface area contributed by atoms with Gasteiger partial charge in [0.05, 0.1) is 4.92 Å². The number of hydrogen-bond acceptors (Lipinski definition) is 3. The van der Waals surface area contributed by atoms with Crippen molar-refractivity contribution < 1.29 is 9.72 Å². The highest BCUT2D eigenvalue weighted by Crippen LogP contribution is 2.27. The van der Waals surface area contributed by atoms with E-state index in [2.05, 4.69) is 10.6 Å². The van der Waals surface area contributed by atoms with E-state index in [9.17, 15) is 14.9 Å². The van der Waals surface area contributed by atoms with Gasteiger partial charge in [-0.3, -0.25) is 10.1 Å². The molecule has 1 aromatic rings. The summed E-state index contributed by atoms with van der Waals surface area (Å²) in [5, 5.41) is 15.7. The third-order valence-electron chi connectivity index (χ3n) is 2.41. The molecule has 0 fully saturated rings. The van der Waals surface area contributed by atoms with E-state index in [0.717, 1.165) is 12.0 Å². The number of nitrogens with one attached hydrogen (secondary N) is 2. The zero-order chi connectivity index (χ0) is 14.4. The Morgan fingerprint density at radius 2 is 2.21 bits per heavy atom. The first kappa shape index (κ1) is 15.0. The van der Waals surface area contributed by atoms with Crippen molar-refractivity contribution in [3.8, 4) is 0 Å². The maximum absolute atomic E-state index is 11.5. The molecular formula is C12H14ClN3O3. The number of halogens is 1. The lowest BCUT2D eigenvalue weighted by molar-refractivity contribution is -0.384. The van der Waals surface area contributed by atoms with Gasteiger partial charge < -0.3 is 10.6 Å². The van der Waals surface area contributed by atoms with E-state index in [1.54, 1.807) is 6.20 Å². The molecule has 7 heteroatoms. The molecule has 0 radical (unpaired) electrons. The number of hydrogen-bond donors (Lipinski definition) is 2. The first-order valence-corrected chi connectivity index (χ1v) is 5.99. The number of nitro groups is 1. The van der Waals surface area contributed by atoms with Gasteiger partial charge in [-0.1, -0.05) is 24.1 Å². The molecule has 0 saturated carbocycles. The summed E-state index contributed by atoms with van der Waals surface area (Å²) in [5.41, 5.74) is 1.06. The lowest BCUT2D eigenvalue weighted by Gasteiger charge is -2.05. The molecular weight excluding hydrogens is 270 g/mol. The van der Waals surface area contributed by atoms with Crippen LogP contribution in [0.5, 0.6) is 0 Å². The summed E-state index contributed by atoms with van der Waals surface area (Å²) in [5.74, 6) is 0. The average Bonchev–Trinajstić information content (AvgIpc) is 2.37. The zero-order valence-corrected chi connectivity index (χ0v) is 11.3. The Bertz CT molecular complexity index is 529. The Labute approximate surface area is 115 Å². The Balaban J connectivity index is 2.75. The maximum atomic E-state index is 11.5. The molecule has 0 heterocycles. The highest BCUT2D eigenvalue weighted by atomic mass is 35.5. The van der Waals surface area contributed by atoms with E-state index < -0.39 is 11.0 Å². The van der Waals surface area contributed by atoms with Gasteiger partial charge in [0.15, 0.2) is 0 Å². The molecule has 0 atom stereocenters. The average molecular weight is 284 g/mol. The van der Waals surface area contributed by atoms with Crippen molar-refractivity contribution in [3.63, 3.8) is 0 Å². The number of amides is 2. The lowest BCUT2D eigenvalue weighted by atomic mass is 10.2. The Hall–Kier alpha value is -2.08. The molecule has 19 heavy (non-hydrogen) atoms. The van der Waals surface area contributed by atoms with Crippen molar-refractivity contribution in [2.45, 2.75) is 20.3 Å². The molecule has 2 amide bonds. The van der Waals surface area contributed by atoms with Crippen LogP contribution in [-0.2, 0) is 0 Å². The Kier molecular flexibility index (Phi) is 5.32. The minimum Gasteiger partial charge on any atom is -0.314 e. The van der Waals surface area contributed by atoms with Crippen LogP contribution in [0.15, 0.2) is 30.0 Å². The van der Waals surface area contributed by atoms with Gasteiger partial charge in [-0.25, -0.2) is 4.79 Å². The van der Waals surface area contributed by atoms with Gasteiger partial charge in [-0.05, 0) is 25.5 Å². The second-order valence-corrected chi connectivity index (χ2v) is 4.27. The van der Waals surface area contributed by atoms with E-state index in [1.807, 2.05) is 13.8 Å². The summed E-state index contributed by atoms with van der Waals surface area (Å²) in [4.78, 5) is 21.6. The number of urea groups is 1. The van der Waals surface area contributed by atoms with Gasteiger partial charge in [0, 0.05) is 18.0 Å². The van der Waals surface area contributed by atoms with Gasteiger partial charge in [-0.15, -0.1) is 0 Å². The molecule has 0 aliphatic rings. The summed E-state index contributed by atoms with van der Waals surface area (Å²) in [6.07, 6.45) is 2.41. The van der Waals surface area contributed by atoms with Crippen LogP contribution in [-0.4, -0.2) is 11.0 Å². The second-order valence-electron chi connectivity index (χ2n) is 3.87. The van der Waals surface area contributed by atoms with Crippen LogP contribution in [0.3, 0.4) is 0 Å². The summed E-state index contributed by atoms with van der Waals surface area (Å²) >= 11 is 5.67. The largest absolute Gasteiger partial charge is 0.323 e. The van der Waals surface area contributed by atoms with Crippen LogP contribution in [0.1, 0.15) is 20.3 Å². The first-order valence-electron chi connectivity index (χ1n) is 5.61. The van der Waals surface area contributed by atoms with E-state index in [1.165, 1.54) is 18.2 Å². The van der Waals surface area contributed by atoms with Gasteiger partial charge in [0.2, 0.25) is 0 Å². The van der Waals surface area contributed by atoms with E-state index in [0.29, 0.717) is 5.69 Å². The monoisotopic (exact) mass is 283 g/mol. The Morgan fingerprint density at radius 1 is 1.53 bits per heavy atom. The van der Waals surface area contributed by atoms with Crippen LogP contribution in [0.2, 0.25) is 5.02 Å². The topological polar surface area (TPSA) is 84.3 Å². The van der Waals surface area contributed by atoms with Crippen molar-refractivity contribution >= 4 is 29.0 Å². The molecule has 1 aromatic carbocycles. The van der Waals surface area contributed by atoms with Crippen LogP contribution in [0.4, 0.5) is 16.2 Å². The van der Waals surface area contributed by atoms with Gasteiger partial charge in [0.1, 0.15) is 5.02 Å². The van der Waals surface area contributed by atoms with Crippen LogP contribution < -0.4 is 10.6 Å². The van der Waals surface area contributed by atoms with Crippen molar-refractivity contribution in [2.75, 3.05) is 5.32 Å². The minimum atomic E-state index is -0.605. The number of anilines is 1. The molecule has 6 nitrogen and oxygen atoms in total. The quantitative estimate of drug-likeness (QED) is 0.653. The number of benzene rings is 1. The maximum Gasteiger partial charge on any atom is 0.323 e. The van der Waals surface area contributed by atoms with Crippen molar-refractivity contribution in [3.05, 3.63) is 45.1 Å². The number of allylic oxidation sites excluding steroid dienone is 1. The lowest BCUT2D eigenvalue weighted by Crippen LogP contribution is -2.24. The number of carbonyl (C=O) groups excluding carboxylic acids is 1. The number of nitro benzene ring substituents is 1. The van der Waals surface area contributed by atoms with Crippen molar-refractivity contribution in [1.29, 1.82) is 0 Å². The van der Waals surface area contributed by atoms with Gasteiger partial charge >= 0.3 is 6.03 Å². The number of carbonyl (C=O) groups is 1. The van der Waals surface area contributed by atoms with Crippen LogP contribution >= 0.6 is 11.6 Å². The highest BCUT2D eigenvalue weighted by molar-refractivity contribution is 6.32. The fraction of sp³-hybridized carbons (Fsp3) is 0.250. The SMILES string of the molecule is CC/C(C)=C/NC(=O)Nc1ccc(Cl)c([N+](=O)[O-])c1. The molecule has 102 valence electrons. The van der Waals surface area contributed by atoms with Crippen LogP contribution in [0, 0.1) is 10.1 Å². The summed E-state index contributed by atoms with van der Waals surface area (Å²) in [7, 11) is 0. The molecule has 0 aliphatic carbocycles. The molecule has 1 rings (SSSR count). The second kappa shape index (κ2) is 6.75. The first-order chi connectivity index (χ1) is 8.93. The van der Waals surface area contributed by atoms with E-state index >= 15 is 0 Å². The van der Waals surface area contributed by atoms with Crippen LogP contribution in [0.25, 0.3) is 0 Å². The minimum absolute atomic E-state index is 0.0256. The molecule has 0 aromatic heterocycles. The highest BCUT2D eigenvalue weighted by Gasteiger charge is 2.13. The molecule has 0 spiro atoms. The Morgan fingerprint density at radius 3 is 2.79 bits per heavy atom. The third kappa shape index (κ3) is 4.59. The third-order valence-corrected chi connectivity index (χ3v) is 2.73. The summed E-state index contributed by atoms with van der Waals surface area (Å²) < 4.78 is 0. The van der Waals surface area contributed by atoms with Crippen molar-refractivity contribution in [2.24, 2.45) is 0 Å². The standard InChI is InChI=1S/C12H14ClN3O3/c1-3-8(2)7-14-12(17)15-9-4-5-10(13)11(6-9)16(18)19/h4-7H,3H2,1-2H3,(H2,14,15,17)/b8-7+. The van der Waals surface area contributed by atoms with Gasteiger partial charge in [-0.2, -0.15) is 0 Å². The normalized spacial score (nSPS) is 11.0. The number of nitrogens with zero attached hydrogens (tertiary/aromatic N) is 1. The van der Waals surface area contributed by atoms with E-state index in [4.69, 9.17) is 11.6 Å². The smallest absolute Gasteiger partial charge is 0.314 e. The fourth-order valence-corrected chi connectivity index (χ4v) is 1.37. The predicted molar refractivity (Wildman–Crippen MR) is 74.3 cm³/mol. The predicted octanol–water partition coefficient (Wildman–Crippen LogP) is 3.68. The molecule has 0 bridgehead atoms. The van der Waals surface area contributed by atoms with Crippen molar-refractivity contribution in [1.82, 2.24) is 5.32 Å². The molecule has 0 saturated heterocycles. The summed E-state index contributed by atoms with van der Waals surface area (Å²) in [6, 6.07) is 3.59. The fourth-order valence-electron chi connectivity index (χ4n) is 1.19. The molecule has 2 N–H and O–H groups in total. The number of rotatable bonds is 4.